The normalized spacial score (nSPS) is 9.44. The molecule has 3 heteroatoms. The highest BCUT2D eigenvalue weighted by Gasteiger charge is 1.88. The van der Waals surface area contributed by atoms with Gasteiger partial charge in [-0.2, -0.15) is 0 Å². The summed E-state index contributed by atoms with van der Waals surface area (Å²) in [4.78, 5) is 0. The quantitative estimate of drug-likeness (QED) is 0.490. The Hall–Kier alpha value is -0.170. The molecular formula is C6H3B2Br. The molecule has 1 aromatic carbocycles. The summed E-state index contributed by atoms with van der Waals surface area (Å²) in [5.41, 5.74) is 1.36. The van der Waals surface area contributed by atoms with E-state index in [0.717, 1.165) is 4.47 Å². The third kappa shape index (κ3) is 1.90. The van der Waals surface area contributed by atoms with Gasteiger partial charge in [0.1, 0.15) is 15.7 Å². The molecule has 9 heavy (non-hydrogen) atoms. The Morgan fingerprint density at radius 2 is 1.44 bits per heavy atom. The molecule has 0 amide bonds. The van der Waals surface area contributed by atoms with Crippen LogP contribution in [0.15, 0.2) is 22.7 Å². The van der Waals surface area contributed by atoms with Gasteiger partial charge in [0.15, 0.2) is 0 Å². The molecule has 0 unspecified atom stereocenters. The molecule has 0 atom stereocenters. The van der Waals surface area contributed by atoms with Crippen LogP contribution in [-0.4, -0.2) is 15.7 Å². The van der Waals surface area contributed by atoms with Crippen molar-refractivity contribution in [2.45, 2.75) is 0 Å². The summed E-state index contributed by atoms with van der Waals surface area (Å²) in [6.07, 6.45) is 0. The average molecular weight is 177 g/mol. The average Bonchev–Trinajstić information content (AvgIpc) is 1.59. The van der Waals surface area contributed by atoms with Crippen molar-refractivity contribution in [3.05, 3.63) is 22.7 Å². The molecule has 0 nitrogen and oxygen atoms in total. The second-order valence-corrected chi connectivity index (χ2v) is 2.73. The fourth-order valence-electron chi connectivity index (χ4n) is 0.636. The standard InChI is InChI=1S/C6H3B2Br/c7-4-1-5(8)3-6(9)2-4/h1-3H. The number of benzene rings is 1. The predicted octanol–water partition coefficient (Wildman–Crippen LogP) is 0.0367. The summed E-state index contributed by atoms with van der Waals surface area (Å²) in [6, 6.07) is 5.32. The minimum Gasteiger partial charge on any atom is -0.0961 e. The summed E-state index contributed by atoms with van der Waals surface area (Å²) in [5.74, 6) is 0. The van der Waals surface area contributed by atoms with Crippen molar-refractivity contribution >= 4 is 42.5 Å². The first-order valence-corrected chi connectivity index (χ1v) is 3.29. The molecule has 1 rings (SSSR count). The predicted molar refractivity (Wildman–Crippen MR) is 44.9 cm³/mol. The summed E-state index contributed by atoms with van der Waals surface area (Å²) in [7, 11) is 10.9. The van der Waals surface area contributed by atoms with Gasteiger partial charge in [0.05, 0.1) is 0 Å². The molecule has 0 bridgehead atoms. The maximum atomic E-state index is 5.45. The second-order valence-electron chi connectivity index (χ2n) is 1.82. The zero-order chi connectivity index (χ0) is 6.85. The van der Waals surface area contributed by atoms with E-state index >= 15 is 0 Å². The van der Waals surface area contributed by atoms with Crippen molar-refractivity contribution in [3.63, 3.8) is 0 Å². The van der Waals surface area contributed by atoms with Crippen LogP contribution in [-0.2, 0) is 0 Å². The van der Waals surface area contributed by atoms with E-state index in [-0.39, 0.29) is 0 Å². The van der Waals surface area contributed by atoms with Crippen molar-refractivity contribution in [2.24, 2.45) is 0 Å². The minimum absolute atomic E-state index is 0.682. The summed E-state index contributed by atoms with van der Waals surface area (Å²) < 4.78 is 0.917. The van der Waals surface area contributed by atoms with Crippen LogP contribution < -0.4 is 10.9 Å². The lowest BCUT2D eigenvalue weighted by molar-refractivity contribution is 1.76. The number of hydrogen-bond acceptors (Lipinski definition) is 0. The molecular weight excluding hydrogens is 174 g/mol. The van der Waals surface area contributed by atoms with Crippen LogP contribution in [0.4, 0.5) is 0 Å². The third-order valence-corrected chi connectivity index (χ3v) is 1.40. The molecule has 0 heterocycles. The Balaban J connectivity index is 3.17. The molecule has 0 aliphatic heterocycles. The zero-order valence-corrected chi connectivity index (χ0v) is 6.35. The molecule has 0 aliphatic carbocycles. The van der Waals surface area contributed by atoms with Gasteiger partial charge in [0.25, 0.3) is 0 Å². The Morgan fingerprint density at radius 3 is 1.78 bits per heavy atom. The van der Waals surface area contributed by atoms with Crippen molar-refractivity contribution in [1.29, 1.82) is 0 Å². The van der Waals surface area contributed by atoms with Crippen molar-refractivity contribution in [1.82, 2.24) is 0 Å². The number of hydrogen-bond donors (Lipinski definition) is 0. The van der Waals surface area contributed by atoms with Crippen LogP contribution in [0.2, 0.25) is 0 Å². The molecule has 0 aliphatic rings. The molecule has 0 saturated heterocycles. The van der Waals surface area contributed by atoms with Crippen molar-refractivity contribution in [3.8, 4) is 0 Å². The first-order valence-electron chi connectivity index (χ1n) is 2.50. The largest absolute Gasteiger partial charge is 0.113 e. The van der Waals surface area contributed by atoms with Crippen molar-refractivity contribution in [2.75, 3.05) is 0 Å². The highest BCUT2D eigenvalue weighted by molar-refractivity contribution is 9.10. The Kier molecular flexibility index (Phi) is 2.01. The maximum Gasteiger partial charge on any atom is 0.113 e. The van der Waals surface area contributed by atoms with E-state index in [2.05, 4.69) is 15.9 Å². The molecule has 4 radical (unpaired) electrons. The Morgan fingerprint density at radius 1 is 1.00 bits per heavy atom. The van der Waals surface area contributed by atoms with Gasteiger partial charge in [-0.1, -0.05) is 45.1 Å². The number of halogens is 1. The molecule has 0 aromatic heterocycles. The SMILES string of the molecule is [B]c1cc([B])cc(Br)c1. The highest BCUT2D eigenvalue weighted by Crippen LogP contribution is 2.02. The Labute approximate surface area is 65.6 Å². The Bertz CT molecular complexity index is 172. The first-order chi connectivity index (χ1) is 4.18. The molecule has 0 saturated carbocycles. The summed E-state index contributed by atoms with van der Waals surface area (Å²) in [6.45, 7) is 0. The van der Waals surface area contributed by atoms with E-state index in [1.54, 1.807) is 18.2 Å². The molecule has 0 N–H and O–H groups in total. The van der Waals surface area contributed by atoms with Gasteiger partial charge >= 0.3 is 0 Å². The lowest BCUT2D eigenvalue weighted by Gasteiger charge is -1.96. The first kappa shape index (κ1) is 6.94. The van der Waals surface area contributed by atoms with Crippen LogP contribution in [0, 0.1) is 0 Å². The summed E-state index contributed by atoms with van der Waals surface area (Å²) >= 11 is 3.25. The van der Waals surface area contributed by atoms with E-state index in [0.29, 0.717) is 10.9 Å². The van der Waals surface area contributed by atoms with Gasteiger partial charge in [0, 0.05) is 4.47 Å². The van der Waals surface area contributed by atoms with E-state index in [4.69, 9.17) is 15.7 Å². The van der Waals surface area contributed by atoms with Gasteiger partial charge in [-0.25, -0.2) is 0 Å². The van der Waals surface area contributed by atoms with E-state index < -0.39 is 0 Å². The van der Waals surface area contributed by atoms with E-state index in [1.165, 1.54) is 0 Å². The molecule has 40 valence electrons. The monoisotopic (exact) mass is 176 g/mol. The van der Waals surface area contributed by atoms with Gasteiger partial charge in [0.2, 0.25) is 0 Å². The van der Waals surface area contributed by atoms with Crippen LogP contribution >= 0.6 is 15.9 Å². The minimum atomic E-state index is 0.682. The lowest BCUT2D eigenvalue weighted by atomic mass is 9.88. The highest BCUT2D eigenvalue weighted by atomic mass is 79.9. The van der Waals surface area contributed by atoms with Gasteiger partial charge in [-0.3, -0.25) is 0 Å². The molecule has 0 spiro atoms. The zero-order valence-electron chi connectivity index (χ0n) is 4.76. The van der Waals surface area contributed by atoms with Crippen LogP contribution in [0.25, 0.3) is 0 Å². The van der Waals surface area contributed by atoms with Gasteiger partial charge in [-0.05, 0) is 0 Å². The van der Waals surface area contributed by atoms with Crippen molar-refractivity contribution < 1.29 is 0 Å². The van der Waals surface area contributed by atoms with Gasteiger partial charge < -0.3 is 0 Å². The summed E-state index contributed by atoms with van der Waals surface area (Å²) in [5, 5.41) is 0. The van der Waals surface area contributed by atoms with E-state index in [9.17, 15) is 0 Å². The van der Waals surface area contributed by atoms with E-state index in [1.807, 2.05) is 0 Å². The fourth-order valence-corrected chi connectivity index (χ4v) is 1.16. The fraction of sp³-hybridized carbons (Fsp3) is 0. The topological polar surface area (TPSA) is 0 Å². The van der Waals surface area contributed by atoms with Crippen LogP contribution in [0.1, 0.15) is 0 Å². The van der Waals surface area contributed by atoms with Gasteiger partial charge in [-0.15, -0.1) is 0 Å². The molecule has 1 aromatic rings. The molecule has 0 fully saturated rings. The third-order valence-electron chi connectivity index (χ3n) is 0.942. The maximum absolute atomic E-state index is 5.45. The van der Waals surface area contributed by atoms with Crippen LogP contribution in [0.5, 0.6) is 0 Å². The van der Waals surface area contributed by atoms with Crippen LogP contribution in [0.3, 0.4) is 0 Å². The second kappa shape index (κ2) is 2.61. The number of rotatable bonds is 0. The smallest absolute Gasteiger partial charge is 0.0961 e. The lowest BCUT2D eigenvalue weighted by Crippen LogP contribution is -2.12.